The zero-order chi connectivity index (χ0) is 17.2. The molecule has 6 nitrogen and oxygen atoms in total. The van der Waals surface area contributed by atoms with Crippen molar-refractivity contribution in [2.45, 2.75) is 46.6 Å². The van der Waals surface area contributed by atoms with Crippen LogP contribution in [-0.4, -0.2) is 40.4 Å². The lowest BCUT2D eigenvalue weighted by molar-refractivity contribution is 0.584. The van der Waals surface area contributed by atoms with Gasteiger partial charge in [0.2, 0.25) is 0 Å². The molecule has 0 bridgehead atoms. The SMILES string of the molecule is CCNC(=NCCCn1cccn1)NCCc1nc(CC)c(C)s1. The summed E-state index contributed by atoms with van der Waals surface area (Å²) >= 11 is 1.80. The molecule has 0 saturated heterocycles. The first kappa shape index (κ1) is 18.4. The largest absolute Gasteiger partial charge is 0.357 e. The Labute approximate surface area is 148 Å². The topological polar surface area (TPSA) is 67.1 Å². The summed E-state index contributed by atoms with van der Waals surface area (Å²) in [7, 11) is 0. The van der Waals surface area contributed by atoms with E-state index in [1.54, 1.807) is 17.5 Å². The molecule has 0 fully saturated rings. The highest BCUT2D eigenvalue weighted by Crippen LogP contribution is 2.17. The molecule has 7 heteroatoms. The van der Waals surface area contributed by atoms with Crippen LogP contribution in [0, 0.1) is 6.92 Å². The molecule has 0 radical (unpaired) electrons. The Morgan fingerprint density at radius 3 is 2.88 bits per heavy atom. The van der Waals surface area contributed by atoms with E-state index in [0.717, 1.165) is 51.4 Å². The predicted molar refractivity (Wildman–Crippen MR) is 101 cm³/mol. The third-order valence-corrected chi connectivity index (χ3v) is 4.69. The van der Waals surface area contributed by atoms with Gasteiger partial charge in [-0.25, -0.2) is 4.98 Å². The first-order valence-electron chi connectivity index (χ1n) is 8.67. The lowest BCUT2D eigenvalue weighted by Gasteiger charge is -2.10. The van der Waals surface area contributed by atoms with Crippen LogP contribution in [0.15, 0.2) is 23.5 Å². The average Bonchev–Trinajstić information content (AvgIpc) is 3.21. The van der Waals surface area contributed by atoms with Crippen molar-refractivity contribution in [2.24, 2.45) is 4.99 Å². The molecular weight excluding hydrogens is 320 g/mol. The summed E-state index contributed by atoms with van der Waals surface area (Å²) < 4.78 is 1.94. The number of aliphatic imine (C=N–C) groups is 1. The maximum absolute atomic E-state index is 4.68. The first-order chi connectivity index (χ1) is 11.7. The minimum absolute atomic E-state index is 0.783. The van der Waals surface area contributed by atoms with Crippen molar-refractivity contribution in [1.82, 2.24) is 25.4 Å². The van der Waals surface area contributed by atoms with E-state index in [1.807, 2.05) is 16.9 Å². The zero-order valence-electron chi connectivity index (χ0n) is 14.9. The summed E-state index contributed by atoms with van der Waals surface area (Å²) in [4.78, 5) is 10.6. The number of aromatic nitrogens is 3. The van der Waals surface area contributed by atoms with Gasteiger partial charge in [-0.1, -0.05) is 6.92 Å². The van der Waals surface area contributed by atoms with Crippen LogP contribution in [0.3, 0.4) is 0 Å². The second kappa shape index (κ2) is 10.1. The molecule has 0 aliphatic heterocycles. The summed E-state index contributed by atoms with van der Waals surface area (Å²) in [6.07, 6.45) is 6.70. The summed E-state index contributed by atoms with van der Waals surface area (Å²) in [5.41, 5.74) is 1.23. The molecule has 0 atom stereocenters. The molecule has 2 aromatic heterocycles. The molecule has 24 heavy (non-hydrogen) atoms. The van der Waals surface area contributed by atoms with Crippen molar-refractivity contribution in [2.75, 3.05) is 19.6 Å². The van der Waals surface area contributed by atoms with Gasteiger partial charge in [-0.15, -0.1) is 11.3 Å². The Hall–Kier alpha value is -1.89. The third-order valence-electron chi connectivity index (χ3n) is 3.62. The number of nitrogens with one attached hydrogen (secondary N) is 2. The van der Waals surface area contributed by atoms with Gasteiger partial charge in [0.05, 0.1) is 10.7 Å². The van der Waals surface area contributed by atoms with E-state index in [2.05, 4.69) is 46.5 Å². The molecule has 2 heterocycles. The lowest BCUT2D eigenvalue weighted by atomic mass is 10.3. The van der Waals surface area contributed by atoms with Gasteiger partial charge >= 0.3 is 0 Å². The number of rotatable bonds is 9. The molecule has 0 unspecified atom stereocenters. The number of nitrogens with zero attached hydrogens (tertiary/aromatic N) is 4. The number of aryl methyl sites for hydroxylation is 3. The van der Waals surface area contributed by atoms with Crippen LogP contribution < -0.4 is 10.6 Å². The van der Waals surface area contributed by atoms with Gasteiger partial charge in [-0.05, 0) is 32.8 Å². The van der Waals surface area contributed by atoms with E-state index in [4.69, 9.17) is 0 Å². The van der Waals surface area contributed by atoms with E-state index in [0.29, 0.717) is 0 Å². The maximum atomic E-state index is 4.68. The van der Waals surface area contributed by atoms with Gasteiger partial charge in [-0.3, -0.25) is 9.67 Å². The first-order valence-corrected chi connectivity index (χ1v) is 9.49. The van der Waals surface area contributed by atoms with Gasteiger partial charge in [0.25, 0.3) is 0 Å². The van der Waals surface area contributed by atoms with Crippen molar-refractivity contribution < 1.29 is 0 Å². The smallest absolute Gasteiger partial charge is 0.191 e. The molecule has 0 aromatic carbocycles. The molecule has 132 valence electrons. The molecule has 0 saturated carbocycles. The predicted octanol–water partition coefficient (Wildman–Crippen LogP) is 2.40. The van der Waals surface area contributed by atoms with Crippen LogP contribution in [0.1, 0.15) is 35.8 Å². The number of guanidine groups is 1. The average molecular weight is 349 g/mol. The van der Waals surface area contributed by atoms with E-state index in [-0.39, 0.29) is 0 Å². The Balaban J connectivity index is 1.73. The molecule has 0 aliphatic carbocycles. The van der Waals surface area contributed by atoms with Gasteiger partial charge in [0, 0.05) is 49.9 Å². The molecule has 0 spiro atoms. The second-order valence-electron chi connectivity index (χ2n) is 5.52. The highest BCUT2D eigenvalue weighted by atomic mass is 32.1. The third kappa shape index (κ3) is 5.96. The molecule has 0 amide bonds. The van der Waals surface area contributed by atoms with Crippen LogP contribution in [0.5, 0.6) is 0 Å². The molecular formula is C17H28N6S. The molecule has 0 aliphatic rings. The number of thiazole rings is 1. The summed E-state index contributed by atoms with van der Waals surface area (Å²) in [5.74, 6) is 0.877. The highest BCUT2D eigenvalue weighted by molar-refractivity contribution is 7.11. The van der Waals surface area contributed by atoms with Crippen LogP contribution in [0.2, 0.25) is 0 Å². The summed E-state index contributed by atoms with van der Waals surface area (Å²) in [5, 5.41) is 12.1. The van der Waals surface area contributed by atoms with Crippen LogP contribution in [-0.2, 0) is 19.4 Å². The van der Waals surface area contributed by atoms with Crippen molar-refractivity contribution in [1.29, 1.82) is 0 Å². The zero-order valence-corrected chi connectivity index (χ0v) is 15.7. The monoisotopic (exact) mass is 348 g/mol. The molecule has 2 rings (SSSR count). The van der Waals surface area contributed by atoms with E-state index in [1.165, 1.54) is 15.6 Å². The Bertz CT molecular complexity index is 617. The normalized spacial score (nSPS) is 11.7. The van der Waals surface area contributed by atoms with Crippen molar-refractivity contribution in [3.8, 4) is 0 Å². The van der Waals surface area contributed by atoms with Gasteiger partial charge in [-0.2, -0.15) is 5.10 Å². The fourth-order valence-corrected chi connectivity index (χ4v) is 3.43. The minimum Gasteiger partial charge on any atom is -0.357 e. The van der Waals surface area contributed by atoms with Crippen molar-refractivity contribution >= 4 is 17.3 Å². The Morgan fingerprint density at radius 2 is 2.21 bits per heavy atom. The molecule has 2 aromatic rings. The second-order valence-corrected chi connectivity index (χ2v) is 6.81. The van der Waals surface area contributed by atoms with Crippen LogP contribution in [0.4, 0.5) is 0 Å². The Kier molecular flexibility index (Phi) is 7.74. The Morgan fingerprint density at radius 1 is 1.33 bits per heavy atom. The fraction of sp³-hybridized carbons (Fsp3) is 0.588. The van der Waals surface area contributed by atoms with E-state index >= 15 is 0 Å². The summed E-state index contributed by atoms with van der Waals surface area (Å²) in [6.45, 7) is 9.78. The van der Waals surface area contributed by atoms with Gasteiger partial charge in [0.15, 0.2) is 5.96 Å². The summed E-state index contributed by atoms with van der Waals surface area (Å²) in [6, 6.07) is 1.94. The van der Waals surface area contributed by atoms with Crippen molar-refractivity contribution in [3.05, 3.63) is 34.0 Å². The standard InChI is InChI=1S/C17H28N6S/c1-4-15-14(3)24-16(22-15)8-11-20-17(18-5-2)19-9-6-12-23-13-7-10-21-23/h7,10,13H,4-6,8-9,11-12H2,1-3H3,(H2,18,19,20). The lowest BCUT2D eigenvalue weighted by Crippen LogP contribution is -2.38. The van der Waals surface area contributed by atoms with Crippen LogP contribution >= 0.6 is 11.3 Å². The highest BCUT2D eigenvalue weighted by Gasteiger charge is 2.06. The van der Waals surface area contributed by atoms with E-state index in [9.17, 15) is 0 Å². The maximum Gasteiger partial charge on any atom is 0.191 e. The van der Waals surface area contributed by atoms with Gasteiger partial charge < -0.3 is 10.6 Å². The van der Waals surface area contributed by atoms with E-state index < -0.39 is 0 Å². The quantitative estimate of drug-likeness (QED) is 0.415. The number of hydrogen-bond donors (Lipinski definition) is 2. The minimum atomic E-state index is 0.783. The van der Waals surface area contributed by atoms with Crippen LogP contribution in [0.25, 0.3) is 0 Å². The molecule has 2 N–H and O–H groups in total. The fourth-order valence-electron chi connectivity index (χ4n) is 2.41. The van der Waals surface area contributed by atoms with Gasteiger partial charge in [0.1, 0.15) is 0 Å². The number of hydrogen-bond acceptors (Lipinski definition) is 4. The van der Waals surface area contributed by atoms with Crippen molar-refractivity contribution in [3.63, 3.8) is 0 Å².